The summed E-state index contributed by atoms with van der Waals surface area (Å²) in [4.78, 5) is 10.7. The molecule has 0 bridgehead atoms. The average Bonchev–Trinajstić information content (AvgIpc) is 2.33. The second-order valence-electron chi connectivity index (χ2n) is 3.36. The molecule has 0 aromatic heterocycles. The van der Waals surface area contributed by atoms with Crippen LogP contribution < -0.4 is 0 Å². The van der Waals surface area contributed by atoms with Crippen molar-refractivity contribution in [2.45, 2.75) is 13.8 Å². The first-order valence-corrected chi connectivity index (χ1v) is 3.71. The second kappa shape index (κ2) is 2.09. The van der Waals surface area contributed by atoms with Crippen molar-refractivity contribution in [3.63, 3.8) is 0 Å². The van der Waals surface area contributed by atoms with E-state index in [2.05, 4.69) is 6.58 Å². The fourth-order valence-corrected chi connectivity index (χ4v) is 1.97. The average molecular weight is 159 g/mol. The maximum atomic E-state index is 10.7. The van der Waals surface area contributed by atoms with Gasteiger partial charge in [-0.25, -0.2) is 0 Å². The molecule has 0 spiro atoms. The van der Waals surface area contributed by atoms with E-state index < -0.39 is 0 Å². The molecule has 0 heterocycles. The van der Waals surface area contributed by atoms with E-state index in [-0.39, 0.29) is 22.5 Å². The molecule has 0 amide bonds. The molecule has 1 rings (SSSR count). The van der Waals surface area contributed by atoms with Crippen molar-refractivity contribution in [1.29, 1.82) is 0 Å². The number of carbonyl (C=O) groups excluding carboxylic acids is 1. The van der Waals surface area contributed by atoms with Gasteiger partial charge < -0.3 is 0 Å². The standard InChI is InChI=1S/C8H11ClO/c1-4-5-6(7(9)10)8(5,2)3/h4-6H,1H2,2-3H3. The van der Waals surface area contributed by atoms with Crippen LogP contribution in [0.3, 0.4) is 0 Å². The lowest BCUT2D eigenvalue weighted by Crippen LogP contribution is -1.96. The highest BCUT2D eigenvalue weighted by Gasteiger charge is 2.59. The Morgan fingerprint density at radius 2 is 2.20 bits per heavy atom. The summed E-state index contributed by atoms with van der Waals surface area (Å²) < 4.78 is 0. The van der Waals surface area contributed by atoms with Crippen molar-refractivity contribution in [3.05, 3.63) is 12.7 Å². The summed E-state index contributed by atoms with van der Waals surface area (Å²) in [5.41, 5.74) is 0.0561. The number of allylic oxidation sites excluding steroid dienone is 1. The molecule has 0 aromatic rings. The topological polar surface area (TPSA) is 17.1 Å². The maximum Gasteiger partial charge on any atom is 0.225 e. The summed E-state index contributed by atoms with van der Waals surface area (Å²) in [6, 6.07) is 0. The molecular formula is C8H11ClO. The lowest BCUT2D eigenvalue weighted by Gasteiger charge is -1.95. The number of halogens is 1. The zero-order chi connectivity index (χ0) is 7.94. The van der Waals surface area contributed by atoms with Gasteiger partial charge in [0.1, 0.15) is 0 Å². The molecular weight excluding hydrogens is 148 g/mol. The third-order valence-electron chi connectivity index (χ3n) is 2.41. The Balaban J connectivity index is 2.70. The van der Waals surface area contributed by atoms with E-state index in [4.69, 9.17) is 11.6 Å². The van der Waals surface area contributed by atoms with Gasteiger partial charge in [0.2, 0.25) is 5.24 Å². The van der Waals surface area contributed by atoms with Gasteiger partial charge in [0.15, 0.2) is 0 Å². The normalized spacial score (nSPS) is 35.1. The van der Waals surface area contributed by atoms with Crippen LogP contribution in [-0.2, 0) is 4.79 Å². The largest absolute Gasteiger partial charge is 0.281 e. The van der Waals surface area contributed by atoms with E-state index in [1.54, 1.807) is 0 Å². The van der Waals surface area contributed by atoms with Crippen LogP contribution in [0.25, 0.3) is 0 Å². The van der Waals surface area contributed by atoms with Crippen molar-refractivity contribution in [2.24, 2.45) is 17.3 Å². The van der Waals surface area contributed by atoms with Crippen molar-refractivity contribution < 1.29 is 4.79 Å². The lowest BCUT2D eigenvalue weighted by atomic mass is 10.1. The van der Waals surface area contributed by atoms with Crippen molar-refractivity contribution in [2.75, 3.05) is 0 Å². The summed E-state index contributed by atoms with van der Waals surface area (Å²) in [5.74, 6) is 0.296. The summed E-state index contributed by atoms with van der Waals surface area (Å²) in [6.07, 6.45) is 1.81. The van der Waals surface area contributed by atoms with E-state index in [1.165, 1.54) is 0 Å². The molecule has 1 aliphatic rings. The number of carbonyl (C=O) groups is 1. The van der Waals surface area contributed by atoms with Gasteiger partial charge in [0.05, 0.1) is 0 Å². The zero-order valence-electron chi connectivity index (χ0n) is 6.23. The Hall–Kier alpha value is -0.300. The summed E-state index contributed by atoms with van der Waals surface area (Å²) in [6.45, 7) is 7.70. The number of hydrogen-bond acceptors (Lipinski definition) is 1. The molecule has 0 saturated heterocycles. The Morgan fingerprint density at radius 1 is 1.70 bits per heavy atom. The molecule has 0 aromatic carbocycles. The quantitative estimate of drug-likeness (QED) is 0.445. The number of rotatable bonds is 2. The monoisotopic (exact) mass is 158 g/mol. The molecule has 2 atom stereocenters. The van der Waals surface area contributed by atoms with Gasteiger partial charge in [-0.05, 0) is 22.9 Å². The molecule has 1 fully saturated rings. The molecule has 1 saturated carbocycles. The van der Waals surface area contributed by atoms with Gasteiger partial charge in [0.25, 0.3) is 0 Å². The van der Waals surface area contributed by atoms with Crippen LogP contribution in [0.5, 0.6) is 0 Å². The van der Waals surface area contributed by atoms with Crippen LogP contribution in [0.2, 0.25) is 0 Å². The van der Waals surface area contributed by atoms with Gasteiger partial charge in [-0.15, -0.1) is 6.58 Å². The Bertz CT molecular complexity index is 184. The smallest absolute Gasteiger partial charge is 0.225 e. The summed E-state index contributed by atoms with van der Waals surface area (Å²) in [5, 5.41) is -0.227. The van der Waals surface area contributed by atoms with Gasteiger partial charge >= 0.3 is 0 Å². The summed E-state index contributed by atoms with van der Waals surface area (Å²) >= 11 is 5.35. The van der Waals surface area contributed by atoms with Crippen LogP contribution in [0, 0.1) is 17.3 Å². The minimum absolute atomic E-state index is 0.00617. The first-order valence-electron chi connectivity index (χ1n) is 3.33. The van der Waals surface area contributed by atoms with Crippen LogP contribution >= 0.6 is 11.6 Å². The Labute approximate surface area is 66.1 Å². The van der Waals surface area contributed by atoms with Crippen LogP contribution in [0.1, 0.15) is 13.8 Å². The molecule has 2 unspecified atom stereocenters. The van der Waals surface area contributed by atoms with Crippen LogP contribution in [0.4, 0.5) is 0 Å². The SMILES string of the molecule is C=CC1C(C(=O)Cl)C1(C)C. The number of hydrogen-bond donors (Lipinski definition) is 0. The van der Waals surface area contributed by atoms with Crippen molar-refractivity contribution in [1.82, 2.24) is 0 Å². The molecule has 56 valence electrons. The van der Waals surface area contributed by atoms with E-state index in [9.17, 15) is 4.79 Å². The molecule has 1 aliphatic carbocycles. The first-order chi connectivity index (χ1) is 4.51. The third-order valence-corrected chi connectivity index (χ3v) is 2.64. The fourth-order valence-electron chi connectivity index (χ4n) is 1.55. The highest BCUT2D eigenvalue weighted by molar-refractivity contribution is 6.64. The fraction of sp³-hybridized carbons (Fsp3) is 0.625. The van der Waals surface area contributed by atoms with Crippen molar-refractivity contribution >= 4 is 16.8 Å². The minimum Gasteiger partial charge on any atom is -0.281 e. The highest BCUT2D eigenvalue weighted by atomic mass is 35.5. The molecule has 10 heavy (non-hydrogen) atoms. The molecule has 0 N–H and O–H groups in total. The Kier molecular flexibility index (Phi) is 1.63. The van der Waals surface area contributed by atoms with Gasteiger partial charge in [-0.2, -0.15) is 0 Å². The first kappa shape index (κ1) is 7.80. The Morgan fingerprint density at radius 3 is 2.30 bits per heavy atom. The van der Waals surface area contributed by atoms with E-state index in [0.717, 1.165) is 0 Å². The third kappa shape index (κ3) is 0.891. The predicted molar refractivity (Wildman–Crippen MR) is 41.8 cm³/mol. The van der Waals surface area contributed by atoms with E-state index in [1.807, 2.05) is 19.9 Å². The summed E-state index contributed by atoms with van der Waals surface area (Å²) in [7, 11) is 0. The van der Waals surface area contributed by atoms with Gasteiger partial charge in [-0.3, -0.25) is 4.79 Å². The van der Waals surface area contributed by atoms with Crippen LogP contribution in [-0.4, -0.2) is 5.24 Å². The predicted octanol–water partition coefficient (Wildman–Crippen LogP) is 2.21. The second-order valence-corrected chi connectivity index (χ2v) is 3.74. The van der Waals surface area contributed by atoms with Crippen LogP contribution in [0.15, 0.2) is 12.7 Å². The van der Waals surface area contributed by atoms with E-state index >= 15 is 0 Å². The van der Waals surface area contributed by atoms with Gasteiger partial charge in [0, 0.05) is 5.92 Å². The molecule has 0 radical (unpaired) electrons. The maximum absolute atomic E-state index is 10.7. The molecule has 0 aliphatic heterocycles. The lowest BCUT2D eigenvalue weighted by molar-refractivity contribution is -0.113. The minimum atomic E-state index is -0.227. The highest BCUT2D eigenvalue weighted by Crippen LogP contribution is 2.59. The van der Waals surface area contributed by atoms with Crippen molar-refractivity contribution in [3.8, 4) is 0 Å². The van der Waals surface area contributed by atoms with E-state index in [0.29, 0.717) is 0 Å². The zero-order valence-corrected chi connectivity index (χ0v) is 6.98. The molecule has 2 heteroatoms. The van der Waals surface area contributed by atoms with Gasteiger partial charge in [-0.1, -0.05) is 19.9 Å². The molecule has 1 nitrogen and oxygen atoms in total.